The molecule has 28 heavy (non-hydrogen) atoms. The lowest BCUT2D eigenvalue weighted by Crippen LogP contribution is -2.19. The van der Waals surface area contributed by atoms with E-state index in [0.717, 1.165) is 24.0 Å². The Bertz CT molecular complexity index is 867. The van der Waals surface area contributed by atoms with E-state index in [-0.39, 0.29) is 11.9 Å². The minimum absolute atomic E-state index is 0.233. The van der Waals surface area contributed by atoms with Gasteiger partial charge in [-0.2, -0.15) is 0 Å². The first-order valence-corrected chi connectivity index (χ1v) is 10.4. The van der Waals surface area contributed by atoms with Gasteiger partial charge in [0.25, 0.3) is 0 Å². The van der Waals surface area contributed by atoms with Crippen molar-refractivity contribution in [2.45, 2.75) is 44.8 Å². The largest absolute Gasteiger partial charge is 0.466 e. The van der Waals surface area contributed by atoms with Crippen LogP contribution in [0.15, 0.2) is 29.4 Å². The highest BCUT2D eigenvalue weighted by atomic mass is 32.2. The average molecular weight is 404 g/mol. The topological polar surface area (TPSA) is 64.1 Å². The Hall–Kier alpha value is -2.41. The number of carbonyl (C=O) groups excluding carboxylic acids is 1. The Kier molecular flexibility index (Phi) is 7.99. The van der Waals surface area contributed by atoms with Crippen LogP contribution in [0.1, 0.15) is 37.8 Å². The Balaban J connectivity index is 2.72. The number of halogens is 1. The lowest BCUT2D eigenvalue weighted by Gasteiger charge is -2.20. The zero-order valence-electron chi connectivity index (χ0n) is 16.9. The normalized spacial score (nSPS) is 11.2. The van der Waals surface area contributed by atoms with E-state index >= 15 is 0 Å². The molecule has 0 amide bonds. The van der Waals surface area contributed by atoms with Gasteiger partial charge in [0.15, 0.2) is 5.16 Å². The van der Waals surface area contributed by atoms with Crippen LogP contribution in [0.25, 0.3) is 17.3 Å². The number of anilines is 1. The van der Waals surface area contributed by atoms with Crippen molar-refractivity contribution in [1.29, 1.82) is 0 Å². The number of nitrogens with one attached hydrogen (secondary N) is 1. The Morgan fingerprint density at radius 3 is 2.61 bits per heavy atom. The van der Waals surface area contributed by atoms with E-state index in [4.69, 9.17) is 4.74 Å². The number of benzene rings is 1. The number of methoxy groups -OCH3 is 1. The van der Waals surface area contributed by atoms with Crippen molar-refractivity contribution >= 4 is 29.6 Å². The zero-order chi connectivity index (χ0) is 20.7. The highest BCUT2D eigenvalue weighted by Crippen LogP contribution is 2.33. The van der Waals surface area contributed by atoms with Crippen LogP contribution in [0.2, 0.25) is 0 Å². The second-order valence-electron chi connectivity index (χ2n) is 6.29. The molecule has 0 aliphatic rings. The summed E-state index contributed by atoms with van der Waals surface area (Å²) in [5.41, 5.74) is 2.86. The van der Waals surface area contributed by atoms with E-state index < -0.39 is 5.97 Å². The van der Waals surface area contributed by atoms with Crippen LogP contribution in [0, 0.1) is 12.7 Å². The highest BCUT2D eigenvalue weighted by molar-refractivity contribution is 7.98. The van der Waals surface area contributed by atoms with Crippen molar-refractivity contribution in [3.63, 3.8) is 0 Å². The fraction of sp³-hybridized carbons (Fsp3) is 0.381. The van der Waals surface area contributed by atoms with Gasteiger partial charge in [-0.1, -0.05) is 25.6 Å². The Morgan fingerprint density at radius 2 is 2.04 bits per heavy atom. The maximum absolute atomic E-state index is 13.6. The molecule has 0 bridgehead atoms. The van der Waals surface area contributed by atoms with Gasteiger partial charge in [0.1, 0.15) is 11.6 Å². The van der Waals surface area contributed by atoms with Gasteiger partial charge in [0.05, 0.1) is 12.8 Å². The average Bonchev–Trinajstić information content (AvgIpc) is 2.70. The third kappa shape index (κ3) is 5.32. The molecule has 0 radical (unpaired) electrons. The number of ether oxygens (including phenoxy) is 1. The summed E-state index contributed by atoms with van der Waals surface area (Å²) in [6.07, 6.45) is 6.76. The van der Waals surface area contributed by atoms with Crippen molar-refractivity contribution in [2.75, 3.05) is 18.7 Å². The summed E-state index contributed by atoms with van der Waals surface area (Å²) in [5.74, 6) is -0.126. The predicted octanol–water partition coefficient (Wildman–Crippen LogP) is 5.10. The van der Waals surface area contributed by atoms with Crippen LogP contribution in [-0.2, 0) is 9.53 Å². The number of rotatable bonds is 8. The van der Waals surface area contributed by atoms with Gasteiger partial charge >= 0.3 is 5.97 Å². The molecule has 1 aromatic heterocycles. The van der Waals surface area contributed by atoms with E-state index in [2.05, 4.69) is 29.1 Å². The third-order valence-electron chi connectivity index (χ3n) is 4.46. The SMILES string of the molecule is CCC(CC)Nc1nc(SC)nc(-c2ccc(F)cc2C)c1/C=C/C(=O)OC. The van der Waals surface area contributed by atoms with Gasteiger partial charge in [-0.3, -0.25) is 0 Å². The number of nitrogens with zero attached hydrogens (tertiary/aromatic N) is 2. The van der Waals surface area contributed by atoms with Gasteiger partial charge in [0, 0.05) is 23.2 Å². The summed E-state index contributed by atoms with van der Waals surface area (Å²) >= 11 is 1.43. The molecule has 7 heteroatoms. The third-order valence-corrected chi connectivity index (χ3v) is 5.01. The fourth-order valence-corrected chi connectivity index (χ4v) is 3.18. The molecule has 0 unspecified atom stereocenters. The summed E-state index contributed by atoms with van der Waals surface area (Å²) in [5, 5.41) is 4.06. The number of esters is 1. The second kappa shape index (κ2) is 10.2. The maximum Gasteiger partial charge on any atom is 0.330 e. The fourth-order valence-electron chi connectivity index (χ4n) is 2.81. The van der Waals surface area contributed by atoms with E-state index in [1.54, 1.807) is 12.1 Å². The lowest BCUT2D eigenvalue weighted by molar-refractivity contribution is -0.134. The quantitative estimate of drug-likeness (QED) is 0.286. The number of hydrogen-bond acceptors (Lipinski definition) is 6. The van der Waals surface area contributed by atoms with E-state index in [9.17, 15) is 9.18 Å². The van der Waals surface area contributed by atoms with E-state index in [0.29, 0.717) is 22.2 Å². The van der Waals surface area contributed by atoms with Crippen LogP contribution in [0.5, 0.6) is 0 Å². The molecule has 0 saturated heterocycles. The first-order chi connectivity index (χ1) is 13.4. The molecule has 2 aromatic rings. The highest BCUT2D eigenvalue weighted by Gasteiger charge is 2.18. The molecule has 1 aromatic carbocycles. The summed E-state index contributed by atoms with van der Waals surface area (Å²) in [6.45, 7) is 6.04. The Morgan fingerprint density at radius 1 is 1.32 bits per heavy atom. The predicted molar refractivity (Wildman–Crippen MR) is 113 cm³/mol. The molecule has 0 fully saturated rings. The van der Waals surface area contributed by atoms with Crippen LogP contribution < -0.4 is 5.32 Å². The number of carbonyl (C=O) groups is 1. The van der Waals surface area contributed by atoms with Crippen molar-refractivity contribution in [1.82, 2.24) is 9.97 Å². The second-order valence-corrected chi connectivity index (χ2v) is 7.07. The monoisotopic (exact) mass is 403 g/mol. The molecular formula is C21H26FN3O2S. The molecule has 0 aliphatic carbocycles. The molecule has 0 aliphatic heterocycles. The van der Waals surface area contributed by atoms with Gasteiger partial charge in [-0.25, -0.2) is 19.2 Å². The molecule has 0 saturated carbocycles. The van der Waals surface area contributed by atoms with Gasteiger partial charge in [0.2, 0.25) is 0 Å². The maximum atomic E-state index is 13.6. The number of hydrogen-bond donors (Lipinski definition) is 1. The molecule has 1 N–H and O–H groups in total. The first-order valence-electron chi connectivity index (χ1n) is 9.18. The van der Waals surface area contributed by atoms with Gasteiger partial charge in [-0.15, -0.1) is 0 Å². The summed E-state index contributed by atoms with van der Waals surface area (Å²) in [7, 11) is 1.33. The molecule has 0 spiro atoms. The standard InChI is InChI=1S/C21H26FN3O2S/c1-6-15(7-2)23-20-17(10-11-18(26)27-4)19(24-21(25-20)28-5)16-9-8-14(22)12-13(16)3/h8-12,15H,6-7H2,1-5H3,(H,23,24,25)/b11-10+. The molecule has 1 heterocycles. The first kappa shape index (κ1) is 21.9. The van der Waals surface area contributed by atoms with Gasteiger partial charge in [-0.05, 0) is 55.9 Å². The van der Waals surface area contributed by atoms with Gasteiger partial charge < -0.3 is 10.1 Å². The van der Waals surface area contributed by atoms with Crippen molar-refractivity contribution in [2.24, 2.45) is 0 Å². The molecule has 5 nitrogen and oxygen atoms in total. The smallest absolute Gasteiger partial charge is 0.330 e. The zero-order valence-corrected chi connectivity index (χ0v) is 17.7. The Labute approximate surface area is 169 Å². The number of aryl methyl sites for hydroxylation is 1. The van der Waals surface area contributed by atoms with Crippen LogP contribution in [-0.4, -0.2) is 35.3 Å². The lowest BCUT2D eigenvalue weighted by atomic mass is 10.0. The number of thioether (sulfide) groups is 1. The molecule has 2 rings (SSSR count). The van der Waals surface area contributed by atoms with Crippen molar-refractivity contribution in [3.8, 4) is 11.3 Å². The van der Waals surface area contributed by atoms with E-state index in [1.165, 1.54) is 37.1 Å². The van der Waals surface area contributed by atoms with Crippen molar-refractivity contribution < 1.29 is 13.9 Å². The van der Waals surface area contributed by atoms with Crippen LogP contribution >= 0.6 is 11.8 Å². The number of aromatic nitrogens is 2. The summed E-state index contributed by atoms with van der Waals surface area (Å²) < 4.78 is 18.4. The minimum Gasteiger partial charge on any atom is -0.466 e. The summed E-state index contributed by atoms with van der Waals surface area (Å²) in [6, 6.07) is 4.81. The van der Waals surface area contributed by atoms with E-state index in [1.807, 2.05) is 13.2 Å². The summed E-state index contributed by atoms with van der Waals surface area (Å²) in [4.78, 5) is 21.0. The molecule has 150 valence electrons. The minimum atomic E-state index is -0.468. The van der Waals surface area contributed by atoms with Crippen LogP contribution in [0.3, 0.4) is 0 Å². The molecular weight excluding hydrogens is 377 g/mol. The van der Waals surface area contributed by atoms with Crippen LogP contribution in [0.4, 0.5) is 10.2 Å². The van der Waals surface area contributed by atoms with Crippen molar-refractivity contribution in [3.05, 3.63) is 41.2 Å². The molecule has 0 atom stereocenters.